The lowest BCUT2D eigenvalue weighted by Crippen LogP contribution is -2.27. The van der Waals surface area contributed by atoms with Gasteiger partial charge in [-0.25, -0.2) is 8.42 Å². The van der Waals surface area contributed by atoms with Crippen LogP contribution in [0.25, 0.3) is 21.9 Å². The molecule has 9 heteroatoms. The third-order valence-electron chi connectivity index (χ3n) is 5.41. The number of carbonyl (C=O) groups is 1. The summed E-state index contributed by atoms with van der Waals surface area (Å²) in [6, 6.07) is 13.8. The van der Waals surface area contributed by atoms with Gasteiger partial charge in [0.1, 0.15) is 16.9 Å². The molecular weight excluding hydrogens is 420 g/mol. The average molecular weight is 440 g/mol. The molecule has 1 aliphatic rings. The SMILES string of the molecule is COc1cc2c(cc1NC(=O)c1ccc(S(=O)(=O)N3CCCC3)o1)oc1ccccc12. The Morgan fingerprint density at radius 1 is 1.00 bits per heavy atom. The first-order valence-corrected chi connectivity index (χ1v) is 11.3. The number of para-hydroxylation sites is 1. The number of benzene rings is 2. The van der Waals surface area contributed by atoms with E-state index in [4.69, 9.17) is 13.6 Å². The molecule has 0 saturated carbocycles. The molecule has 0 unspecified atom stereocenters. The average Bonchev–Trinajstić information content (AvgIpc) is 3.52. The Morgan fingerprint density at radius 3 is 2.55 bits per heavy atom. The van der Waals surface area contributed by atoms with Crippen molar-refractivity contribution in [1.82, 2.24) is 4.31 Å². The molecule has 1 aliphatic heterocycles. The Kier molecular flexibility index (Phi) is 4.71. The van der Waals surface area contributed by atoms with E-state index in [0.717, 1.165) is 29.2 Å². The van der Waals surface area contributed by atoms with Gasteiger partial charge in [-0.2, -0.15) is 4.31 Å². The van der Waals surface area contributed by atoms with Gasteiger partial charge in [-0.1, -0.05) is 18.2 Å². The van der Waals surface area contributed by atoms with Crippen molar-refractivity contribution in [3.8, 4) is 5.75 Å². The third kappa shape index (κ3) is 3.35. The summed E-state index contributed by atoms with van der Waals surface area (Å²) in [5, 5.41) is 4.29. The maximum absolute atomic E-state index is 12.8. The number of nitrogens with zero attached hydrogens (tertiary/aromatic N) is 1. The van der Waals surface area contributed by atoms with E-state index < -0.39 is 15.9 Å². The zero-order chi connectivity index (χ0) is 21.6. The Hall–Kier alpha value is -3.30. The van der Waals surface area contributed by atoms with Crippen molar-refractivity contribution < 1.29 is 26.8 Å². The second-order valence-corrected chi connectivity index (χ2v) is 9.20. The molecule has 4 aromatic rings. The van der Waals surface area contributed by atoms with Crippen molar-refractivity contribution in [2.45, 2.75) is 17.9 Å². The van der Waals surface area contributed by atoms with Crippen LogP contribution in [-0.2, 0) is 10.0 Å². The van der Waals surface area contributed by atoms with Gasteiger partial charge >= 0.3 is 0 Å². The summed E-state index contributed by atoms with van der Waals surface area (Å²) >= 11 is 0. The summed E-state index contributed by atoms with van der Waals surface area (Å²) in [5.41, 5.74) is 1.71. The van der Waals surface area contributed by atoms with E-state index in [0.29, 0.717) is 30.1 Å². The minimum Gasteiger partial charge on any atom is -0.495 e. The zero-order valence-electron chi connectivity index (χ0n) is 16.8. The number of fused-ring (bicyclic) bond motifs is 3. The first-order chi connectivity index (χ1) is 15.0. The highest BCUT2D eigenvalue weighted by Gasteiger charge is 2.30. The number of methoxy groups -OCH3 is 1. The van der Waals surface area contributed by atoms with Gasteiger partial charge in [0.05, 0.1) is 12.8 Å². The maximum atomic E-state index is 12.8. The number of nitrogens with one attached hydrogen (secondary N) is 1. The van der Waals surface area contributed by atoms with Crippen LogP contribution in [-0.4, -0.2) is 38.8 Å². The van der Waals surface area contributed by atoms with Gasteiger partial charge < -0.3 is 18.9 Å². The molecule has 1 amide bonds. The van der Waals surface area contributed by atoms with E-state index in [1.54, 1.807) is 12.1 Å². The number of rotatable bonds is 5. The predicted octanol–water partition coefficient (Wildman–Crippen LogP) is 4.22. The first kappa shape index (κ1) is 19.7. The van der Waals surface area contributed by atoms with E-state index in [1.165, 1.54) is 23.5 Å². The van der Waals surface area contributed by atoms with Crippen LogP contribution in [0.15, 0.2) is 62.5 Å². The molecule has 31 heavy (non-hydrogen) atoms. The van der Waals surface area contributed by atoms with Crippen molar-refractivity contribution in [2.24, 2.45) is 0 Å². The standard InChI is InChI=1S/C22H20N2O6S/c1-28-20-12-15-14-6-2-3-7-17(14)29-19(15)13-16(20)23-22(25)18-8-9-21(30-18)31(26,27)24-10-4-5-11-24/h2-3,6-9,12-13H,4-5,10-11H2,1H3,(H,23,25). The van der Waals surface area contributed by atoms with Gasteiger partial charge in [0.25, 0.3) is 15.9 Å². The third-order valence-corrected chi connectivity index (χ3v) is 7.18. The molecule has 1 fully saturated rings. The van der Waals surface area contributed by atoms with Crippen LogP contribution < -0.4 is 10.1 Å². The van der Waals surface area contributed by atoms with Crippen molar-refractivity contribution in [3.05, 3.63) is 54.3 Å². The summed E-state index contributed by atoms with van der Waals surface area (Å²) in [4.78, 5) is 12.8. The molecule has 0 radical (unpaired) electrons. The van der Waals surface area contributed by atoms with Crippen molar-refractivity contribution in [2.75, 3.05) is 25.5 Å². The van der Waals surface area contributed by atoms with E-state index >= 15 is 0 Å². The van der Waals surface area contributed by atoms with Gasteiger partial charge in [0.15, 0.2) is 5.76 Å². The smallest absolute Gasteiger partial charge is 0.291 e. The molecule has 0 bridgehead atoms. The fourth-order valence-corrected chi connectivity index (χ4v) is 5.27. The number of ether oxygens (including phenoxy) is 1. The Bertz CT molecular complexity index is 1400. The van der Waals surface area contributed by atoms with Crippen LogP contribution >= 0.6 is 0 Å². The fraction of sp³-hybridized carbons (Fsp3) is 0.227. The number of hydrogen-bond acceptors (Lipinski definition) is 6. The number of sulfonamides is 1. The number of anilines is 1. The number of carbonyl (C=O) groups excluding carboxylic acids is 1. The molecular formula is C22H20N2O6S. The largest absolute Gasteiger partial charge is 0.495 e. The molecule has 0 atom stereocenters. The molecule has 5 rings (SSSR count). The maximum Gasteiger partial charge on any atom is 0.291 e. The minimum atomic E-state index is -3.73. The quantitative estimate of drug-likeness (QED) is 0.498. The van der Waals surface area contributed by atoms with Gasteiger partial charge in [0.2, 0.25) is 5.09 Å². The molecule has 1 N–H and O–H groups in total. The molecule has 3 heterocycles. The summed E-state index contributed by atoms with van der Waals surface area (Å²) in [7, 11) is -2.23. The van der Waals surface area contributed by atoms with Gasteiger partial charge in [-0.3, -0.25) is 4.79 Å². The molecule has 0 aliphatic carbocycles. The summed E-state index contributed by atoms with van der Waals surface area (Å²) < 4.78 is 43.3. The minimum absolute atomic E-state index is 0.107. The van der Waals surface area contributed by atoms with Crippen molar-refractivity contribution in [3.63, 3.8) is 0 Å². The zero-order valence-corrected chi connectivity index (χ0v) is 17.6. The highest BCUT2D eigenvalue weighted by atomic mass is 32.2. The molecule has 0 spiro atoms. The highest BCUT2D eigenvalue weighted by molar-refractivity contribution is 7.89. The van der Waals surface area contributed by atoms with E-state index in [2.05, 4.69) is 5.32 Å². The first-order valence-electron chi connectivity index (χ1n) is 9.88. The van der Waals surface area contributed by atoms with E-state index in [9.17, 15) is 13.2 Å². The number of amides is 1. The second-order valence-electron chi connectivity index (χ2n) is 7.33. The lowest BCUT2D eigenvalue weighted by atomic mass is 10.1. The van der Waals surface area contributed by atoms with Crippen molar-refractivity contribution in [1.29, 1.82) is 0 Å². The lowest BCUT2D eigenvalue weighted by molar-refractivity contribution is 0.0991. The predicted molar refractivity (Wildman–Crippen MR) is 115 cm³/mol. The topological polar surface area (TPSA) is 102 Å². The Morgan fingerprint density at radius 2 is 1.77 bits per heavy atom. The monoisotopic (exact) mass is 440 g/mol. The van der Waals surface area contributed by atoms with Gasteiger partial charge in [-0.15, -0.1) is 0 Å². The van der Waals surface area contributed by atoms with E-state index in [1.807, 2.05) is 24.3 Å². The molecule has 160 valence electrons. The Balaban J connectivity index is 1.45. The van der Waals surface area contributed by atoms with Crippen molar-refractivity contribution >= 4 is 43.6 Å². The van der Waals surface area contributed by atoms with E-state index in [-0.39, 0.29) is 10.9 Å². The van der Waals surface area contributed by atoms with Crippen LogP contribution in [0.1, 0.15) is 23.4 Å². The van der Waals surface area contributed by atoms with Gasteiger partial charge in [0, 0.05) is 29.9 Å². The fourth-order valence-electron chi connectivity index (χ4n) is 3.84. The van der Waals surface area contributed by atoms with Crippen LogP contribution in [0.2, 0.25) is 0 Å². The summed E-state index contributed by atoms with van der Waals surface area (Å²) in [6.07, 6.45) is 1.63. The highest BCUT2D eigenvalue weighted by Crippen LogP contribution is 2.36. The lowest BCUT2D eigenvalue weighted by Gasteiger charge is -2.12. The Labute approximate surface area is 178 Å². The second kappa shape index (κ2) is 7.44. The normalized spacial score (nSPS) is 15.0. The number of hydrogen-bond donors (Lipinski definition) is 1. The molecule has 2 aromatic carbocycles. The number of furan rings is 2. The molecule has 1 saturated heterocycles. The molecule has 8 nitrogen and oxygen atoms in total. The van der Waals surface area contributed by atoms with Crippen LogP contribution in [0, 0.1) is 0 Å². The summed E-state index contributed by atoms with van der Waals surface area (Å²) in [5.74, 6) is -0.245. The molecule has 2 aromatic heterocycles. The summed E-state index contributed by atoms with van der Waals surface area (Å²) in [6.45, 7) is 0.915. The van der Waals surface area contributed by atoms with Crippen LogP contribution in [0.4, 0.5) is 5.69 Å². The van der Waals surface area contributed by atoms with Crippen LogP contribution in [0.3, 0.4) is 0 Å². The van der Waals surface area contributed by atoms with Crippen LogP contribution in [0.5, 0.6) is 5.75 Å². The van der Waals surface area contributed by atoms with Gasteiger partial charge in [-0.05, 0) is 37.1 Å².